The van der Waals surface area contributed by atoms with E-state index in [0.29, 0.717) is 6.54 Å². The Balaban J connectivity index is 0.00000280. The maximum absolute atomic E-state index is 5.45. The molecule has 0 saturated carbocycles. The van der Waals surface area contributed by atoms with E-state index in [1.54, 1.807) is 7.05 Å². The molecule has 0 atom stereocenters. The lowest BCUT2D eigenvalue weighted by atomic mass is 10.0. The Labute approximate surface area is 183 Å². The lowest BCUT2D eigenvalue weighted by Crippen LogP contribution is -2.56. The molecule has 1 aliphatic rings. The molecule has 154 valence electrons. The van der Waals surface area contributed by atoms with Crippen LogP contribution in [-0.4, -0.2) is 61.5 Å². The number of nitrogens with zero attached hydrogens (tertiary/aromatic N) is 3. The molecule has 1 aromatic heterocycles. The predicted molar refractivity (Wildman–Crippen MR) is 122 cm³/mol. The fourth-order valence-electron chi connectivity index (χ4n) is 3.11. The van der Waals surface area contributed by atoms with Crippen molar-refractivity contribution in [3.8, 4) is 11.3 Å². The fourth-order valence-corrected chi connectivity index (χ4v) is 3.11. The summed E-state index contributed by atoms with van der Waals surface area (Å²) >= 11 is 0. The largest absolute Gasteiger partial charge is 0.379 e. The molecule has 0 bridgehead atoms. The van der Waals surface area contributed by atoms with E-state index in [1.807, 2.05) is 36.4 Å². The third kappa shape index (κ3) is 6.18. The van der Waals surface area contributed by atoms with Gasteiger partial charge in [-0.1, -0.05) is 35.5 Å². The highest BCUT2D eigenvalue weighted by molar-refractivity contribution is 14.0. The SMILES string of the molecule is CN=C(NCc1cc(-c2ccccc2)on1)NCC(C)(C)N1CCOCC1.I. The summed E-state index contributed by atoms with van der Waals surface area (Å²) in [5.74, 6) is 1.52. The minimum absolute atomic E-state index is 0. The molecule has 8 heteroatoms. The van der Waals surface area contributed by atoms with Crippen LogP contribution in [0.3, 0.4) is 0 Å². The first kappa shape index (κ1) is 22.6. The van der Waals surface area contributed by atoms with Crippen molar-refractivity contribution in [3.05, 3.63) is 42.1 Å². The third-order valence-corrected chi connectivity index (χ3v) is 4.83. The number of hydrogen-bond acceptors (Lipinski definition) is 5. The van der Waals surface area contributed by atoms with Crippen molar-refractivity contribution in [1.29, 1.82) is 0 Å². The van der Waals surface area contributed by atoms with Gasteiger partial charge in [-0.3, -0.25) is 9.89 Å². The number of morpholine rings is 1. The summed E-state index contributed by atoms with van der Waals surface area (Å²) in [5, 5.41) is 10.9. The molecular weight excluding hydrogens is 469 g/mol. The van der Waals surface area contributed by atoms with E-state index < -0.39 is 0 Å². The molecule has 1 aromatic carbocycles. The Morgan fingerprint density at radius 3 is 2.57 bits per heavy atom. The summed E-state index contributed by atoms with van der Waals surface area (Å²) in [5.41, 5.74) is 1.88. The summed E-state index contributed by atoms with van der Waals surface area (Å²) in [6.45, 7) is 9.34. The van der Waals surface area contributed by atoms with Gasteiger partial charge in [0.05, 0.1) is 19.8 Å². The monoisotopic (exact) mass is 499 g/mol. The van der Waals surface area contributed by atoms with Crippen LogP contribution in [0.2, 0.25) is 0 Å². The van der Waals surface area contributed by atoms with E-state index in [1.165, 1.54) is 0 Å². The summed E-state index contributed by atoms with van der Waals surface area (Å²) in [7, 11) is 1.77. The van der Waals surface area contributed by atoms with Crippen LogP contribution in [0.5, 0.6) is 0 Å². The first-order valence-corrected chi connectivity index (χ1v) is 9.37. The van der Waals surface area contributed by atoms with E-state index in [2.05, 4.69) is 39.5 Å². The van der Waals surface area contributed by atoms with Crippen molar-refractivity contribution in [1.82, 2.24) is 20.7 Å². The number of benzene rings is 1. The van der Waals surface area contributed by atoms with Gasteiger partial charge in [0.2, 0.25) is 0 Å². The van der Waals surface area contributed by atoms with Crippen LogP contribution < -0.4 is 10.6 Å². The van der Waals surface area contributed by atoms with Gasteiger partial charge in [-0.15, -0.1) is 24.0 Å². The minimum Gasteiger partial charge on any atom is -0.379 e. The van der Waals surface area contributed by atoms with Gasteiger partial charge >= 0.3 is 0 Å². The Hall–Kier alpha value is -1.65. The van der Waals surface area contributed by atoms with Gasteiger partial charge in [-0.2, -0.15) is 0 Å². The van der Waals surface area contributed by atoms with E-state index >= 15 is 0 Å². The number of aromatic nitrogens is 1. The van der Waals surface area contributed by atoms with Crippen LogP contribution >= 0.6 is 24.0 Å². The molecule has 1 fully saturated rings. The highest BCUT2D eigenvalue weighted by Gasteiger charge is 2.28. The molecular formula is C20H30IN5O2. The Kier molecular flexibility index (Phi) is 8.71. The van der Waals surface area contributed by atoms with E-state index in [0.717, 1.165) is 55.8 Å². The molecule has 0 aliphatic carbocycles. The number of nitrogens with one attached hydrogen (secondary N) is 2. The maximum Gasteiger partial charge on any atom is 0.191 e. The van der Waals surface area contributed by atoms with Crippen LogP contribution in [0.25, 0.3) is 11.3 Å². The highest BCUT2D eigenvalue weighted by Crippen LogP contribution is 2.19. The van der Waals surface area contributed by atoms with Crippen molar-refractivity contribution < 1.29 is 9.26 Å². The van der Waals surface area contributed by atoms with Gasteiger partial charge < -0.3 is 19.9 Å². The molecule has 1 aliphatic heterocycles. The number of aliphatic imine (C=N–C) groups is 1. The zero-order valence-electron chi connectivity index (χ0n) is 16.8. The molecule has 3 rings (SSSR count). The van der Waals surface area contributed by atoms with Crippen LogP contribution in [0.4, 0.5) is 0 Å². The first-order chi connectivity index (χ1) is 13.1. The molecule has 0 spiro atoms. The molecule has 28 heavy (non-hydrogen) atoms. The van der Waals surface area contributed by atoms with Crippen LogP contribution in [-0.2, 0) is 11.3 Å². The lowest BCUT2D eigenvalue weighted by Gasteiger charge is -2.41. The van der Waals surface area contributed by atoms with Gasteiger partial charge in [0.1, 0.15) is 5.69 Å². The van der Waals surface area contributed by atoms with Crippen molar-refractivity contribution >= 4 is 29.9 Å². The summed E-state index contributed by atoms with van der Waals surface area (Å²) in [4.78, 5) is 6.75. The topological polar surface area (TPSA) is 74.9 Å². The van der Waals surface area contributed by atoms with Gasteiger partial charge in [0.25, 0.3) is 0 Å². The molecule has 2 aromatic rings. The average molecular weight is 499 g/mol. The normalized spacial score (nSPS) is 15.8. The zero-order valence-corrected chi connectivity index (χ0v) is 19.1. The molecule has 0 radical (unpaired) electrons. The fraction of sp³-hybridized carbons (Fsp3) is 0.500. The lowest BCUT2D eigenvalue weighted by molar-refractivity contribution is -0.00834. The van der Waals surface area contributed by atoms with Crippen LogP contribution in [0.1, 0.15) is 19.5 Å². The Morgan fingerprint density at radius 1 is 1.18 bits per heavy atom. The van der Waals surface area contributed by atoms with Crippen molar-refractivity contribution in [2.45, 2.75) is 25.9 Å². The smallest absolute Gasteiger partial charge is 0.191 e. The quantitative estimate of drug-likeness (QED) is 0.362. The number of halogens is 1. The predicted octanol–water partition coefficient (Wildman–Crippen LogP) is 2.74. The second kappa shape index (κ2) is 10.8. The maximum atomic E-state index is 5.45. The molecule has 0 amide bonds. The first-order valence-electron chi connectivity index (χ1n) is 9.37. The number of hydrogen-bond donors (Lipinski definition) is 2. The van der Waals surface area contributed by atoms with E-state index in [-0.39, 0.29) is 29.5 Å². The van der Waals surface area contributed by atoms with E-state index in [4.69, 9.17) is 9.26 Å². The van der Waals surface area contributed by atoms with Gasteiger partial charge in [0, 0.05) is 43.9 Å². The molecule has 0 unspecified atom stereocenters. The molecule has 2 heterocycles. The standard InChI is InChI=1S/C20H29N5O2.HI/c1-20(2,25-9-11-26-12-10-25)15-23-19(21-3)22-14-17-13-18(27-24-17)16-7-5-4-6-8-16;/h4-8,13H,9-12,14-15H2,1-3H3,(H2,21,22,23);1H. The van der Waals surface area contributed by atoms with E-state index in [9.17, 15) is 0 Å². The highest BCUT2D eigenvalue weighted by atomic mass is 127. The summed E-state index contributed by atoms with van der Waals surface area (Å²) in [6.07, 6.45) is 0. The average Bonchev–Trinajstić information content (AvgIpc) is 3.18. The van der Waals surface area contributed by atoms with Gasteiger partial charge in [-0.25, -0.2) is 0 Å². The molecule has 1 saturated heterocycles. The van der Waals surface area contributed by atoms with Crippen LogP contribution in [0.15, 0.2) is 45.9 Å². The van der Waals surface area contributed by atoms with Crippen molar-refractivity contribution in [2.24, 2.45) is 4.99 Å². The number of guanidine groups is 1. The Morgan fingerprint density at radius 2 is 1.89 bits per heavy atom. The molecule has 2 N–H and O–H groups in total. The molecule has 7 nitrogen and oxygen atoms in total. The summed E-state index contributed by atoms with van der Waals surface area (Å²) in [6, 6.07) is 11.9. The van der Waals surface area contributed by atoms with Gasteiger partial charge in [0.15, 0.2) is 11.7 Å². The zero-order chi connectivity index (χ0) is 19.1. The van der Waals surface area contributed by atoms with Crippen molar-refractivity contribution in [2.75, 3.05) is 39.9 Å². The number of rotatable bonds is 6. The Bertz CT molecular complexity index is 742. The second-order valence-electron chi connectivity index (χ2n) is 7.24. The third-order valence-electron chi connectivity index (χ3n) is 4.83. The van der Waals surface area contributed by atoms with Gasteiger partial charge in [-0.05, 0) is 13.8 Å². The summed E-state index contributed by atoms with van der Waals surface area (Å²) < 4.78 is 10.9. The second-order valence-corrected chi connectivity index (χ2v) is 7.24. The minimum atomic E-state index is 0. The van der Waals surface area contributed by atoms with Crippen molar-refractivity contribution in [3.63, 3.8) is 0 Å². The number of ether oxygens (including phenoxy) is 1. The van der Waals surface area contributed by atoms with Crippen LogP contribution in [0, 0.1) is 0 Å².